The van der Waals surface area contributed by atoms with Crippen molar-refractivity contribution in [1.29, 1.82) is 0 Å². The number of rotatable bonds is 5. The van der Waals surface area contributed by atoms with Gasteiger partial charge in [0.15, 0.2) is 11.5 Å². The zero-order chi connectivity index (χ0) is 20.3. The molecule has 1 saturated heterocycles. The smallest absolute Gasteiger partial charge is 0.180 e. The quantitative estimate of drug-likeness (QED) is 0.546. The van der Waals surface area contributed by atoms with Gasteiger partial charge in [0.05, 0.1) is 26.0 Å². The van der Waals surface area contributed by atoms with E-state index in [1.807, 2.05) is 41.1 Å². The van der Waals surface area contributed by atoms with Crippen LogP contribution in [0.3, 0.4) is 0 Å². The van der Waals surface area contributed by atoms with E-state index in [-0.39, 0.29) is 0 Å². The number of nitrogens with one attached hydrogen (secondary N) is 1. The molecule has 0 bridgehead atoms. The zero-order valence-electron chi connectivity index (χ0n) is 16.8. The Labute approximate surface area is 174 Å². The average molecular weight is 401 g/mol. The third kappa shape index (κ3) is 3.67. The average Bonchev–Trinajstić information content (AvgIpc) is 3.29. The van der Waals surface area contributed by atoms with E-state index in [1.165, 1.54) is 5.69 Å². The van der Waals surface area contributed by atoms with Crippen molar-refractivity contribution in [2.45, 2.75) is 0 Å². The van der Waals surface area contributed by atoms with Crippen LogP contribution in [0, 0.1) is 0 Å². The van der Waals surface area contributed by atoms with Crippen molar-refractivity contribution in [3.63, 3.8) is 0 Å². The van der Waals surface area contributed by atoms with Gasteiger partial charge in [-0.05, 0) is 48.5 Å². The maximum absolute atomic E-state index is 5.44. The fourth-order valence-corrected chi connectivity index (χ4v) is 3.63. The van der Waals surface area contributed by atoms with Crippen molar-refractivity contribution in [3.05, 3.63) is 67.1 Å². The highest BCUT2D eigenvalue weighted by molar-refractivity contribution is 5.74. The van der Waals surface area contributed by atoms with Crippen LogP contribution >= 0.6 is 0 Å². The third-order valence-corrected chi connectivity index (χ3v) is 5.27. The summed E-state index contributed by atoms with van der Waals surface area (Å²) in [7, 11) is 1.66. The van der Waals surface area contributed by atoms with Gasteiger partial charge in [0.2, 0.25) is 0 Å². The summed E-state index contributed by atoms with van der Waals surface area (Å²) in [5, 5.41) is 3.43. The molecule has 2 aromatic heterocycles. The SMILES string of the molecule is COc1ccc(-c2cn3ccnc3c(Nc3ccc(N4CCOCC4)cc3)n2)cc1. The minimum Gasteiger partial charge on any atom is -0.497 e. The van der Waals surface area contributed by atoms with E-state index < -0.39 is 0 Å². The Bertz CT molecular complexity index is 1130. The van der Waals surface area contributed by atoms with Crippen molar-refractivity contribution in [2.24, 2.45) is 0 Å². The minimum atomic E-state index is 0.715. The van der Waals surface area contributed by atoms with Gasteiger partial charge in [0, 0.05) is 48.6 Å². The summed E-state index contributed by atoms with van der Waals surface area (Å²) >= 11 is 0. The van der Waals surface area contributed by atoms with E-state index in [9.17, 15) is 0 Å². The highest BCUT2D eigenvalue weighted by Crippen LogP contribution is 2.27. The first-order chi connectivity index (χ1) is 14.8. The number of morpholine rings is 1. The second kappa shape index (κ2) is 8.04. The molecule has 1 aliphatic heterocycles. The number of hydrogen-bond donors (Lipinski definition) is 1. The lowest BCUT2D eigenvalue weighted by atomic mass is 10.1. The number of aromatic nitrogens is 3. The van der Waals surface area contributed by atoms with Gasteiger partial charge < -0.3 is 24.1 Å². The van der Waals surface area contributed by atoms with Crippen molar-refractivity contribution in [2.75, 3.05) is 43.6 Å². The van der Waals surface area contributed by atoms with Crippen LogP contribution in [-0.4, -0.2) is 47.8 Å². The van der Waals surface area contributed by atoms with E-state index in [0.29, 0.717) is 5.82 Å². The molecule has 3 heterocycles. The third-order valence-electron chi connectivity index (χ3n) is 5.27. The van der Waals surface area contributed by atoms with Crippen molar-refractivity contribution < 1.29 is 9.47 Å². The Morgan fingerprint density at radius 2 is 1.77 bits per heavy atom. The first kappa shape index (κ1) is 18.4. The van der Waals surface area contributed by atoms with Gasteiger partial charge in [-0.15, -0.1) is 0 Å². The molecule has 152 valence electrons. The van der Waals surface area contributed by atoms with E-state index >= 15 is 0 Å². The summed E-state index contributed by atoms with van der Waals surface area (Å²) in [6.45, 7) is 3.40. The predicted molar refractivity (Wildman–Crippen MR) is 118 cm³/mol. The van der Waals surface area contributed by atoms with Gasteiger partial charge in [-0.25, -0.2) is 9.97 Å². The van der Waals surface area contributed by atoms with Crippen LogP contribution < -0.4 is 15.0 Å². The number of methoxy groups -OCH3 is 1. The molecule has 1 aliphatic rings. The van der Waals surface area contributed by atoms with Crippen LogP contribution in [0.25, 0.3) is 16.9 Å². The Morgan fingerprint density at radius 1 is 1.00 bits per heavy atom. The normalized spacial score (nSPS) is 14.1. The summed E-state index contributed by atoms with van der Waals surface area (Å²) in [6.07, 6.45) is 5.69. The van der Waals surface area contributed by atoms with Crippen LogP contribution in [0.2, 0.25) is 0 Å². The van der Waals surface area contributed by atoms with Gasteiger partial charge in [-0.3, -0.25) is 0 Å². The molecule has 0 saturated carbocycles. The lowest BCUT2D eigenvalue weighted by molar-refractivity contribution is 0.122. The lowest BCUT2D eigenvalue weighted by Gasteiger charge is -2.28. The first-order valence-corrected chi connectivity index (χ1v) is 9.98. The molecule has 0 amide bonds. The predicted octanol–water partition coefficient (Wildman–Crippen LogP) is 3.99. The Morgan fingerprint density at radius 3 is 2.50 bits per heavy atom. The molecule has 0 aliphatic carbocycles. The van der Waals surface area contributed by atoms with E-state index in [4.69, 9.17) is 14.5 Å². The summed E-state index contributed by atoms with van der Waals surface area (Å²) in [6, 6.07) is 16.3. The van der Waals surface area contributed by atoms with Gasteiger partial charge in [-0.1, -0.05) is 0 Å². The van der Waals surface area contributed by atoms with Crippen molar-refractivity contribution in [3.8, 4) is 17.0 Å². The highest BCUT2D eigenvalue weighted by Gasteiger charge is 2.12. The number of benzene rings is 2. The van der Waals surface area contributed by atoms with E-state index in [1.54, 1.807) is 13.3 Å². The number of fused-ring (bicyclic) bond motifs is 1. The second-order valence-electron chi connectivity index (χ2n) is 7.13. The topological polar surface area (TPSA) is 63.9 Å². The molecule has 7 heteroatoms. The molecule has 0 unspecified atom stereocenters. The number of ether oxygens (including phenoxy) is 2. The molecule has 0 spiro atoms. The number of anilines is 3. The summed E-state index contributed by atoms with van der Waals surface area (Å²) in [5.74, 6) is 1.54. The monoisotopic (exact) mass is 401 g/mol. The van der Waals surface area contributed by atoms with E-state index in [0.717, 1.165) is 54.6 Å². The largest absolute Gasteiger partial charge is 0.497 e. The Hall–Kier alpha value is -3.58. The molecule has 4 aromatic rings. The molecule has 7 nitrogen and oxygen atoms in total. The van der Waals surface area contributed by atoms with Crippen molar-refractivity contribution >= 4 is 22.8 Å². The maximum Gasteiger partial charge on any atom is 0.180 e. The fraction of sp³-hybridized carbons (Fsp3) is 0.217. The fourth-order valence-electron chi connectivity index (χ4n) is 3.63. The maximum atomic E-state index is 5.44. The Balaban J connectivity index is 1.44. The number of imidazole rings is 1. The molecular weight excluding hydrogens is 378 g/mol. The van der Waals surface area contributed by atoms with Gasteiger partial charge in [0.25, 0.3) is 0 Å². The van der Waals surface area contributed by atoms with Crippen LogP contribution in [0.15, 0.2) is 67.1 Å². The van der Waals surface area contributed by atoms with Crippen LogP contribution in [0.1, 0.15) is 0 Å². The van der Waals surface area contributed by atoms with Gasteiger partial charge in [-0.2, -0.15) is 0 Å². The van der Waals surface area contributed by atoms with E-state index in [2.05, 4.69) is 39.5 Å². The summed E-state index contributed by atoms with van der Waals surface area (Å²) in [5.41, 5.74) is 4.82. The summed E-state index contributed by atoms with van der Waals surface area (Å²) < 4.78 is 12.7. The molecule has 0 atom stereocenters. The van der Waals surface area contributed by atoms with Crippen LogP contribution in [0.5, 0.6) is 5.75 Å². The molecule has 5 rings (SSSR count). The highest BCUT2D eigenvalue weighted by atomic mass is 16.5. The first-order valence-electron chi connectivity index (χ1n) is 9.98. The minimum absolute atomic E-state index is 0.715. The Kier molecular flexibility index (Phi) is 4.94. The standard InChI is InChI=1S/C23H23N5O2/c1-29-20-8-2-17(3-9-20)21-16-28-11-10-24-23(28)22(26-21)25-18-4-6-19(7-5-18)27-12-14-30-15-13-27/h2-11,16H,12-15H2,1H3,(H,25,26). The van der Waals surface area contributed by atoms with Gasteiger partial charge in [0.1, 0.15) is 5.75 Å². The second-order valence-corrected chi connectivity index (χ2v) is 7.13. The molecule has 0 radical (unpaired) electrons. The van der Waals surface area contributed by atoms with Crippen LogP contribution in [0.4, 0.5) is 17.2 Å². The molecule has 30 heavy (non-hydrogen) atoms. The van der Waals surface area contributed by atoms with Crippen molar-refractivity contribution in [1.82, 2.24) is 14.4 Å². The molecule has 2 aromatic carbocycles. The lowest BCUT2D eigenvalue weighted by Crippen LogP contribution is -2.36. The number of hydrogen-bond acceptors (Lipinski definition) is 6. The van der Waals surface area contributed by atoms with Crippen LogP contribution in [-0.2, 0) is 4.74 Å². The zero-order valence-corrected chi connectivity index (χ0v) is 16.8. The number of nitrogens with zero attached hydrogens (tertiary/aromatic N) is 4. The molecule has 1 N–H and O–H groups in total. The molecular formula is C23H23N5O2. The summed E-state index contributed by atoms with van der Waals surface area (Å²) in [4.78, 5) is 11.6. The van der Waals surface area contributed by atoms with Gasteiger partial charge >= 0.3 is 0 Å². The molecule has 1 fully saturated rings.